The molecule has 29 heavy (non-hydrogen) atoms. The molecule has 152 valence electrons. The Labute approximate surface area is 167 Å². The molecule has 4 rings (SSSR count). The standard InChI is InChI=1S/C20H19NO7S/c1-26-19(23)21-29(24,25)15-5-2-13(3-6-15)10-18(22)20(8-9-20)14-4-7-16-17(11-14)28-12-27-16/h2-7,11H,8-10,12H2,1H3,(H,21,23). The number of methoxy groups -OCH3 is 1. The highest BCUT2D eigenvalue weighted by atomic mass is 32.2. The molecule has 0 aromatic heterocycles. The van der Waals surface area contributed by atoms with Crippen LogP contribution in [0.5, 0.6) is 11.5 Å². The van der Waals surface area contributed by atoms with Gasteiger partial charge in [0.2, 0.25) is 6.79 Å². The average molecular weight is 417 g/mol. The third-order valence-corrected chi connectivity index (χ3v) is 6.54. The number of fused-ring (bicyclic) bond motifs is 1. The second-order valence-electron chi connectivity index (χ2n) is 6.99. The number of Topliss-reactive ketones (excluding diaryl/α,β-unsaturated/α-hetero) is 1. The smallest absolute Gasteiger partial charge is 0.420 e. The first-order chi connectivity index (χ1) is 13.8. The number of rotatable bonds is 6. The summed E-state index contributed by atoms with van der Waals surface area (Å²) in [4.78, 5) is 24.1. The molecule has 1 heterocycles. The van der Waals surface area contributed by atoms with E-state index in [0.29, 0.717) is 17.1 Å². The fourth-order valence-electron chi connectivity index (χ4n) is 3.40. The molecule has 8 nitrogen and oxygen atoms in total. The van der Waals surface area contributed by atoms with E-state index in [0.717, 1.165) is 25.5 Å². The van der Waals surface area contributed by atoms with Crippen molar-refractivity contribution in [3.8, 4) is 11.5 Å². The maximum atomic E-state index is 13.0. The van der Waals surface area contributed by atoms with Gasteiger partial charge in [-0.1, -0.05) is 18.2 Å². The van der Waals surface area contributed by atoms with E-state index < -0.39 is 21.5 Å². The predicted octanol–water partition coefficient (Wildman–Crippen LogP) is 2.30. The van der Waals surface area contributed by atoms with Gasteiger partial charge < -0.3 is 14.2 Å². The van der Waals surface area contributed by atoms with Gasteiger partial charge in [-0.05, 0) is 48.2 Å². The fourth-order valence-corrected chi connectivity index (χ4v) is 4.31. The van der Waals surface area contributed by atoms with Crippen molar-refractivity contribution in [3.63, 3.8) is 0 Å². The summed E-state index contributed by atoms with van der Waals surface area (Å²) in [5.74, 6) is 1.39. The number of hydrogen-bond donors (Lipinski definition) is 1. The summed E-state index contributed by atoms with van der Waals surface area (Å²) in [5.41, 5.74) is 1.07. The van der Waals surface area contributed by atoms with Gasteiger partial charge in [-0.25, -0.2) is 17.9 Å². The van der Waals surface area contributed by atoms with Crippen LogP contribution in [0.4, 0.5) is 4.79 Å². The molecular weight excluding hydrogens is 398 g/mol. The Balaban J connectivity index is 1.48. The van der Waals surface area contributed by atoms with Gasteiger partial charge >= 0.3 is 6.09 Å². The van der Waals surface area contributed by atoms with Gasteiger partial charge in [0.1, 0.15) is 5.78 Å². The molecule has 0 saturated heterocycles. The number of nitrogens with one attached hydrogen (secondary N) is 1. The Hall–Kier alpha value is -3.07. The van der Waals surface area contributed by atoms with Gasteiger partial charge in [-0.2, -0.15) is 0 Å². The van der Waals surface area contributed by atoms with Crippen molar-refractivity contribution < 1.29 is 32.2 Å². The summed E-state index contributed by atoms with van der Waals surface area (Å²) < 4.78 is 41.0. The lowest BCUT2D eigenvalue weighted by atomic mass is 9.88. The maximum absolute atomic E-state index is 13.0. The number of carbonyl (C=O) groups is 2. The van der Waals surface area contributed by atoms with E-state index >= 15 is 0 Å². The molecule has 1 N–H and O–H groups in total. The average Bonchev–Trinajstić information content (AvgIpc) is 3.39. The van der Waals surface area contributed by atoms with Crippen LogP contribution in [0.2, 0.25) is 0 Å². The summed E-state index contributed by atoms with van der Waals surface area (Å²) in [6.07, 6.45) is 0.643. The van der Waals surface area contributed by atoms with Crippen molar-refractivity contribution in [1.82, 2.24) is 4.72 Å². The van der Waals surface area contributed by atoms with Gasteiger partial charge in [0.15, 0.2) is 11.5 Å². The molecule has 0 radical (unpaired) electrons. The van der Waals surface area contributed by atoms with Crippen LogP contribution in [0.15, 0.2) is 47.4 Å². The van der Waals surface area contributed by atoms with Crippen LogP contribution in [0.3, 0.4) is 0 Å². The molecule has 2 aromatic rings. The Morgan fingerprint density at radius 3 is 2.41 bits per heavy atom. The molecule has 0 atom stereocenters. The zero-order chi connectivity index (χ0) is 20.6. The predicted molar refractivity (Wildman–Crippen MR) is 101 cm³/mol. The lowest BCUT2D eigenvalue weighted by Gasteiger charge is -2.15. The summed E-state index contributed by atoms with van der Waals surface area (Å²) in [7, 11) is -2.94. The molecule has 2 aromatic carbocycles. The quantitative estimate of drug-likeness (QED) is 0.768. The molecule has 9 heteroatoms. The fraction of sp³-hybridized carbons (Fsp3) is 0.300. The Kier molecular flexibility index (Phi) is 4.70. The number of ether oxygens (including phenoxy) is 3. The van der Waals surface area contributed by atoms with E-state index in [1.54, 1.807) is 16.9 Å². The van der Waals surface area contributed by atoms with E-state index in [9.17, 15) is 18.0 Å². The molecular formula is C20H19NO7S. The minimum atomic E-state index is -4.02. The second-order valence-corrected chi connectivity index (χ2v) is 8.67. The molecule has 1 aliphatic heterocycles. The number of benzene rings is 2. The zero-order valence-electron chi connectivity index (χ0n) is 15.6. The van der Waals surface area contributed by atoms with Gasteiger partial charge in [0.05, 0.1) is 17.4 Å². The molecule has 2 aliphatic rings. The zero-order valence-corrected chi connectivity index (χ0v) is 16.5. The van der Waals surface area contributed by atoms with Crippen molar-refractivity contribution in [3.05, 3.63) is 53.6 Å². The summed E-state index contributed by atoms with van der Waals surface area (Å²) in [5, 5.41) is 0. The van der Waals surface area contributed by atoms with Crippen LogP contribution in [-0.4, -0.2) is 34.2 Å². The van der Waals surface area contributed by atoms with Gasteiger partial charge in [0.25, 0.3) is 10.0 Å². The number of amides is 1. The van der Waals surface area contributed by atoms with Gasteiger partial charge in [-0.15, -0.1) is 0 Å². The van der Waals surface area contributed by atoms with Crippen LogP contribution >= 0.6 is 0 Å². The van der Waals surface area contributed by atoms with Crippen LogP contribution in [0.1, 0.15) is 24.0 Å². The van der Waals surface area contributed by atoms with Crippen LogP contribution in [0, 0.1) is 0 Å². The number of carbonyl (C=O) groups excluding carboxylic acids is 2. The highest BCUT2D eigenvalue weighted by Gasteiger charge is 2.50. The first kappa shape index (κ1) is 19.3. The minimum Gasteiger partial charge on any atom is -0.454 e. The topological polar surface area (TPSA) is 108 Å². The van der Waals surface area contributed by atoms with Gasteiger partial charge in [0, 0.05) is 6.42 Å². The lowest BCUT2D eigenvalue weighted by molar-refractivity contribution is -0.120. The molecule has 0 unspecified atom stereocenters. The van der Waals surface area contributed by atoms with E-state index in [-0.39, 0.29) is 23.9 Å². The highest BCUT2D eigenvalue weighted by Crippen LogP contribution is 2.51. The third kappa shape index (κ3) is 3.65. The van der Waals surface area contributed by atoms with E-state index in [1.165, 1.54) is 12.1 Å². The number of sulfonamides is 1. The lowest BCUT2D eigenvalue weighted by Crippen LogP contribution is -2.30. The van der Waals surface area contributed by atoms with Crippen molar-refractivity contribution >= 4 is 21.9 Å². The molecule has 1 aliphatic carbocycles. The SMILES string of the molecule is COC(=O)NS(=O)(=O)c1ccc(CC(=O)C2(c3ccc4c(c3)OCO4)CC2)cc1. The first-order valence-electron chi connectivity index (χ1n) is 8.97. The Morgan fingerprint density at radius 2 is 1.76 bits per heavy atom. The Morgan fingerprint density at radius 1 is 1.07 bits per heavy atom. The monoisotopic (exact) mass is 417 g/mol. The van der Waals surface area contributed by atoms with Crippen molar-refractivity contribution in [2.24, 2.45) is 0 Å². The normalized spacial score (nSPS) is 16.2. The molecule has 0 bridgehead atoms. The molecule has 1 saturated carbocycles. The van der Waals surface area contributed by atoms with Crippen molar-refractivity contribution in [2.45, 2.75) is 29.6 Å². The third-order valence-electron chi connectivity index (χ3n) is 5.21. The summed E-state index contributed by atoms with van der Waals surface area (Å²) in [6.45, 7) is 0.180. The van der Waals surface area contributed by atoms with Crippen LogP contribution < -0.4 is 14.2 Å². The van der Waals surface area contributed by atoms with Crippen molar-refractivity contribution in [2.75, 3.05) is 13.9 Å². The number of hydrogen-bond acceptors (Lipinski definition) is 7. The number of ketones is 1. The second kappa shape index (κ2) is 7.07. The minimum absolute atomic E-state index is 0.0691. The maximum Gasteiger partial charge on any atom is 0.420 e. The summed E-state index contributed by atoms with van der Waals surface area (Å²) >= 11 is 0. The Bertz CT molecular complexity index is 1070. The highest BCUT2D eigenvalue weighted by molar-refractivity contribution is 7.90. The molecule has 0 spiro atoms. The molecule has 1 amide bonds. The molecule has 1 fully saturated rings. The van der Waals surface area contributed by atoms with Crippen molar-refractivity contribution in [1.29, 1.82) is 0 Å². The summed E-state index contributed by atoms with van der Waals surface area (Å²) in [6, 6.07) is 11.4. The van der Waals surface area contributed by atoms with Crippen LogP contribution in [-0.2, 0) is 31.4 Å². The van der Waals surface area contributed by atoms with E-state index in [2.05, 4.69) is 4.74 Å². The van der Waals surface area contributed by atoms with E-state index in [4.69, 9.17) is 9.47 Å². The van der Waals surface area contributed by atoms with E-state index in [1.807, 2.05) is 18.2 Å². The van der Waals surface area contributed by atoms with Crippen LogP contribution in [0.25, 0.3) is 0 Å². The first-order valence-corrected chi connectivity index (χ1v) is 10.5. The van der Waals surface area contributed by atoms with Gasteiger partial charge in [-0.3, -0.25) is 4.79 Å². The largest absolute Gasteiger partial charge is 0.454 e.